The van der Waals surface area contributed by atoms with Gasteiger partial charge in [0.15, 0.2) is 17.5 Å². The van der Waals surface area contributed by atoms with Crippen LogP contribution in [0.5, 0.6) is 0 Å². The molecule has 0 atom stereocenters. The fourth-order valence-corrected chi connectivity index (χ4v) is 7.44. The summed E-state index contributed by atoms with van der Waals surface area (Å²) in [5.41, 5.74) is 9.10. The number of pyridine rings is 1. The van der Waals surface area contributed by atoms with Crippen LogP contribution in [0.25, 0.3) is 106 Å². The Kier molecular flexibility index (Phi) is 5.83. The zero-order valence-corrected chi connectivity index (χ0v) is 27.0. The zero-order chi connectivity index (χ0) is 33.5. The van der Waals surface area contributed by atoms with Crippen LogP contribution in [-0.2, 0) is 0 Å². The van der Waals surface area contributed by atoms with E-state index in [2.05, 4.69) is 88.4 Å². The van der Waals surface area contributed by atoms with Gasteiger partial charge in [-0.3, -0.25) is 4.98 Å². The van der Waals surface area contributed by atoms with Gasteiger partial charge in [-0.15, -0.1) is 0 Å². The van der Waals surface area contributed by atoms with Crippen LogP contribution in [0.2, 0.25) is 0 Å². The molecule has 0 aliphatic carbocycles. The summed E-state index contributed by atoms with van der Waals surface area (Å²) in [6.45, 7) is 0. The number of para-hydroxylation sites is 3. The van der Waals surface area contributed by atoms with Crippen molar-refractivity contribution in [2.24, 2.45) is 0 Å². The average Bonchev–Trinajstić information content (AvgIpc) is 3.87. The summed E-state index contributed by atoms with van der Waals surface area (Å²) in [7, 11) is 0. The molecule has 11 aromatic rings. The van der Waals surface area contributed by atoms with E-state index >= 15 is 0 Å². The monoisotopic (exact) mass is 655 g/mol. The summed E-state index contributed by atoms with van der Waals surface area (Å²) in [6.07, 6.45) is 3.57. The third-order valence-corrected chi connectivity index (χ3v) is 9.77. The van der Waals surface area contributed by atoms with Gasteiger partial charge in [0.05, 0.1) is 11.0 Å². The molecule has 0 bridgehead atoms. The fraction of sp³-hybridized carbons (Fsp3) is 0. The third-order valence-electron chi connectivity index (χ3n) is 9.77. The van der Waals surface area contributed by atoms with Crippen molar-refractivity contribution < 1.29 is 8.83 Å². The minimum atomic E-state index is 0.548. The Bertz CT molecular complexity index is 3100. The quantitative estimate of drug-likeness (QED) is 0.188. The second-order valence-corrected chi connectivity index (χ2v) is 12.7. The Balaban J connectivity index is 1.11. The zero-order valence-electron chi connectivity index (χ0n) is 27.0. The van der Waals surface area contributed by atoms with Crippen LogP contribution in [0.3, 0.4) is 0 Å². The molecule has 7 heteroatoms. The van der Waals surface area contributed by atoms with Crippen molar-refractivity contribution in [2.45, 2.75) is 0 Å². The van der Waals surface area contributed by atoms with Gasteiger partial charge in [-0.05, 0) is 66.7 Å². The predicted molar refractivity (Wildman–Crippen MR) is 203 cm³/mol. The Hall–Kier alpha value is -7.12. The molecule has 0 spiro atoms. The van der Waals surface area contributed by atoms with Crippen LogP contribution in [0.15, 0.2) is 161 Å². The normalized spacial score (nSPS) is 11.9. The highest BCUT2D eigenvalue weighted by molar-refractivity contribution is 6.12. The van der Waals surface area contributed by atoms with Crippen molar-refractivity contribution in [3.05, 3.63) is 152 Å². The largest absolute Gasteiger partial charge is 0.456 e. The maximum atomic E-state index is 6.24. The highest BCUT2D eigenvalue weighted by Gasteiger charge is 2.19. The fourth-order valence-electron chi connectivity index (χ4n) is 7.44. The van der Waals surface area contributed by atoms with Crippen LogP contribution < -0.4 is 0 Å². The van der Waals surface area contributed by atoms with Crippen LogP contribution in [-0.4, -0.2) is 24.5 Å². The van der Waals surface area contributed by atoms with Gasteiger partial charge >= 0.3 is 0 Å². The van der Waals surface area contributed by atoms with Crippen molar-refractivity contribution in [1.82, 2.24) is 24.5 Å². The molecule has 0 unspecified atom stereocenters. The molecular formula is C44H25N5O2. The highest BCUT2D eigenvalue weighted by Crippen LogP contribution is 2.38. The smallest absolute Gasteiger partial charge is 0.164 e. The molecule has 5 aromatic heterocycles. The molecule has 7 nitrogen and oxygen atoms in total. The maximum Gasteiger partial charge on any atom is 0.164 e. The van der Waals surface area contributed by atoms with Crippen molar-refractivity contribution in [3.8, 4) is 39.9 Å². The molecule has 238 valence electrons. The summed E-state index contributed by atoms with van der Waals surface area (Å²) < 4.78 is 14.8. The topological polar surface area (TPSA) is 82.8 Å². The van der Waals surface area contributed by atoms with Crippen LogP contribution in [0, 0.1) is 0 Å². The number of hydrogen-bond donors (Lipinski definition) is 0. The van der Waals surface area contributed by atoms with Crippen molar-refractivity contribution in [2.75, 3.05) is 0 Å². The molecule has 0 fully saturated rings. The van der Waals surface area contributed by atoms with Gasteiger partial charge in [0, 0.05) is 67.1 Å². The van der Waals surface area contributed by atoms with E-state index in [1.54, 1.807) is 6.20 Å². The Morgan fingerprint density at radius 2 is 1.06 bits per heavy atom. The number of fused-ring (bicyclic) bond motifs is 9. The van der Waals surface area contributed by atoms with Gasteiger partial charge in [0.25, 0.3) is 0 Å². The van der Waals surface area contributed by atoms with E-state index in [1.807, 2.05) is 66.9 Å². The SMILES string of the molecule is c1ccc2c(c1)oc1cccc(-c3nc(-c4ccc(-n5c6ccccc6c6ccccc65)cc4)nc(-c4ccc5c(c4)oc4ccncc45)n3)c12. The lowest BCUT2D eigenvalue weighted by atomic mass is 10.1. The van der Waals surface area contributed by atoms with E-state index < -0.39 is 0 Å². The van der Waals surface area contributed by atoms with Gasteiger partial charge in [-0.25, -0.2) is 15.0 Å². The lowest BCUT2D eigenvalue weighted by Crippen LogP contribution is -2.01. The van der Waals surface area contributed by atoms with Crippen LogP contribution in [0.1, 0.15) is 0 Å². The first kappa shape index (κ1) is 27.8. The van der Waals surface area contributed by atoms with Gasteiger partial charge in [-0.2, -0.15) is 0 Å². The molecular weight excluding hydrogens is 631 g/mol. The number of hydrogen-bond acceptors (Lipinski definition) is 6. The van der Waals surface area contributed by atoms with Gasteiger partial charge in [0.1, 0.15) is 22.3 Å². The first-order valence-electron chi connectivity index (χ1n) is 16.8. The van der Waals surface area contributed by atoms with E-state index in [4.69, 9.17) is 23.8 Å². The first-order valence-corrected chi connectivity index (χ1v) is 16.8. The highest BCUT2D eigenvalue weighted by atomic mass is 16.3. The molecule has 11 rings (SSSR count). The molecule has 0 amide bonds. The van der Waals surface area contributed by atoms with Crippen molar-refractivity contribution in [1.29, 1.82) is 0 Å². The van der Waals surface area contributed by atoms with E-state index in [9.17, 15) is 0 Å². The maximum absolute atomic E-state index is 6.24. The van der Waals surface area contributed by atoms with Gasteiger partial charge in [0.2, 0.25) is 0 Å². The standard InChI is InChI=1S/C44H25N5O2/c1-4-12-35-29(8-1)30-9-2-5-13-36(30)49(35)28-19-16-26(17-20-28)42-46-43(27-18-21-31-34-25-45-23-22-38(34)51-40(31)24-27)48-44(47-42)33-11-7-15-39-41(33)32-10-3-6-14-37(32)50-39/h1-25H. The summed E-state index contributed by atoms with van der Waals surface area (Å²) in [6, 6.07) is 47.6. The second kappa shape index (κ2) is 10.7. The number of rotatable bonds is 4. The number of furan rings is 2. The number of aromatic nitrogens is 5. The molecule has 0 radical (unpaired) electrons. The van der Waals surface area contributed by atoms with E-state index in [-0.39, 0.29) is 0 Å². The Labute approximate surface area is 290 Å². The molecule has 0 aliphatic rings. The first-order chi connectivity index (χ1) is 25.3. The molecule has 5 heterocycles. The number of nitrogens with zero attached hydrogens (tertiary/aromatic N) is 5. The minimum absolute atomic E-state index is 0.548. The summed E-state index contributed by atoms with van der Waals surface area (Å²) in [4.78, 5) is 19.6. The lowest BCUT2D eigenvalue weighted by molar-refractivity contribution is 0.668. The molecule has 0 saturated heterocycles. The van der Waals surface area contributed by atoms with Gasteiger partial charge in [-0.1, -0.05) is 72.8 Å². The molecule has 0 saturated carbocycles. The van der Waals surface area contributed by atoms with E-state index in [1.165, 1.54) is 10.8 Å². The van der Waals surface area contributed by atoms with Crippen LogP contribution >= 0.6 is 0 Å². The van der Waals surface area contributed by atoms with E-state index in [0.717, 1.165) is 77.3 Å². The van der Waals surface area contributed by atoms with Crippen molar-refractivity contribution in [3.63, 3.8) is 0 Å². The van der Waals surface area contributed by atoms with Gasteiger partial charge < -0.3 is 13.4 Å². The molecule has 6 aromatic carbocycles. The van der Waals surface area contributed by atoms with Crippen molar-refractivity contribution >= 4 is 65.7 Å². The van der Waals surface area contributed by atoms with Crippen LogP contribution in [0.4, 0.5) is 0 Å². The molecule has 51 heavy (non-hydrogen) atoms. The predicted octanol–water partition coefficient (Wildman–Crippen LogP) is 11.2. The minimum Gasteiger partial charge on any atom is -0.456 e. The summed E-state index contributed by atoms with van der Waals surface area (Å²) >= 11 is 0. The summed E-state index contributed by atoms with van der Waals surface area (Å²) in [5.74, 6) is 1.68. The molecule has 0 N–H and O–H groups in total. The molecule has 0 aliphatic heterocycles. The van der Waals surface area contributed by atoms with E-state index in [0.29, 0.717) is 17.5 Å². The average molecular weight is 656 g/mol. The Morgan fingerprint density at radius 3 is 1.86 bits per heavy atom. The number of benzene rings is 6. The second-order valence-electron chi connectivity index (χ2n) is 12.7. The Morgan fingerprint density at radius 1 is 0.431 bits per heavy atom. The summed E-state index contributed by atoms with van der Waals surface area (Å²) in [5, 5.41) is 6.40. The lowest BCUT2D eigenvalue weighted by Gasteiger charge is -2.11. The third kappa shape index (κ3) is 4.25.